The van der Waals surface area contributed by atoms with E-state index in [2.05, 4.69) is 10.1 Å². The average molecular weight is 368 g/mol. The first-order chi connectivity index (χ1) is 12.0. The maximum Gasteiger partial charge on any atom is 0.408 e. The summed E-state index contributed by atoms with van der Waals surface area (Å²) in [5.74, 6) is -0.205. The van der Waals surface area contributed by atoms with Gasteiger partial charge in [-0.2, -0.15) is 11.8 Å². The maximum atomic E-state index is 12.4. The number of hydrogen-bond acceptors (Lipinski definition) is 6. The molecule has 0 unspecified atom stereocenters. The van der Waals surface area contributed by atoms with Gasteiger partial charge in [-0.3, -0.25) is 9.59 Å². The highest BCUT2D eigenvalue weighted by molar-refractivity contribution is 7.98. The molecule has 1 aromatic rings. The van der Waals surface area contributed by atoms with E-state index in [1.807, 2.05) is 36.6 Å². The number of benzene rings is 1. The molecular weight excluding hydrogens is 344 g/mol. The molecule has 2 amide bonds. The van der Waals surface area contributed by atoms with E-state index in [4.69, 9.17) is 4.74 Å². The SMILES string of the molecule is COC(=O)CN(C)C(=O)[C@H](CCSC)NC(=O)OCc1ccccc1. The Labute approximate surface area is 152 Å². The number of hydrogen-bond donors (Lipinski definition) is 1. The smallest absolute Gasteiger partial charge is 0.408 e. The normalized spacial score (nSPS) is 11.3. The summed E-state index contributed by atoms with van der Waals surface area (Å²) in [5, 5.41) is 2.58. The second-order valence-corrected chi connectivity index (χ2v) is 6.30. The van der Waals surface area contributed by atoms with Crippen LogP contribution in [-0.2, 0) is 25.7 Å². The largest absolute Gasteiger partial charge is 0.468 e. The molecule has 1 atom stereocenters. The van der Waals surface area contributed by atoms with Crippen LogP contribution >= 0.6 is 11.8 Å². The molecule has 0 radical (unpaired) electrons. The molecule has 1 N–H and O–H groups in total. The summed E-state index contributed by atoms with van der Waals surface area (Å²) in [5.41, 5.74) is 0.854. The van der Waals surface area contributed by atoms with Gasteiger partial charge in [0.1, 0.15) is 19.2 Å². The predicted octanol–water partition coefficient (Wildman–Crippen LogP) is 1.67. The van der Waals surface area contributed by atoms with Crippen molar-refractivity contribution in [3.63, 3.8) is 0 Å². The maximum absolute atomic E-state index is 12.4. The predicted molar refractivity (Wildman–Crippen MR) is 96.2 cm³/mol. The van der Waals surface area contributed by atoms with Crippen molar-refractivity contribution in [3.05, 3.63) is 35.9 Å². The fraction of sp³-hybridized carbons (Fsp3) is 0.471. The lowest BCUT2D eigenvalue weighted by Gasteiger charge is -2.23. The van der Waals surface area contributed by atoms with Gasteiger partial charge in [0.05, 0.1) is 7.11 Å². The molecule has 0 aliphatic rings. The highest BCUT2D eigenvalue weighted by Crippen LogP contribution is 2.06. The van der Waals surface area contributed by atoms with Crippen molar-refractivity contribution in [1.82, 2.24) is 10.2 Å². The van der Waals surface area contributed by atoms with Crippen molar-refractivity contribution in [2.75, 3.05) is 32.7 Å². The first-order valence-corrected chi connectivity index (χ1v) is 9.15. The Kier molecular flexibility index (Phi) is 9.46. The molecule has 0 spiro atoms. The van der Waals surface area contributed by atoms with Crippen LogP contribution in [0.2, 0.25) is 0 Å². The average Bonchev–Trinajstić information content (AvgIpc) is 2.63. The summed E-state index contributed by atoms with van der Waals surface area (Å²) in [7, 11) is 2.74. The highest BCUT2D eigenvalue weighted by Gasteiger charge is 2.25. The van der Waals surface area contributed by atoms with E-state index in [9.17, 15) is 14.4 Å². The number of carbonyl (C=O) groups excluding carboxylic acids is 3. The third-order valence-corrected chi connectivity index (χ3v) is 4.03. The van der Waals surface area contributed by atoms with E-state index in [1.165, 1.54) is 19.1 Å². The molecule has 0 saturated heterocycles. The minimum atomic E-state index is -0.759. The van der Waals surface area contributed by atoms with Gasteiger partial charge in [-0.25, -0.2) is 4.79 Å². The van der Waals surface area contributed by atoms with Gasteiger partial charge >= 0.3 is 12.1 Å². The number of carbonyl (C=O) groups is 3. The molecule has 1 rings (SSSR count). The first-order valence-electron chi connectivity index (χ1n) is 7.75. The van der Waals surface area contributed by atoms with E-state index in [0.29, 0.717) is 12.2 Å². The van der Waals surface area contributed by atoms with Crippen molar-refractivity contribution in [2.24, 2.45) is 0 Å². The lowest BCUT2D eigenvalue weighted by molar-refractivity contribution is -0.146. The quantitative estimate of drug-likeness (QED) is 0.668. The number of rotatable bonds is 9. The minimum absolute atomic E-state index is 0.119. The summed E-state index contributed by atoms with van der Waals surface area (Å²) in [6, 6.07) is 8.50. The Balaban J connectivity index is 2.59. The van der Waals surface area contributed by atoms with Crippen molar-refractivity contribution < 1.29 is 23.9 Å². The van der Waals surface area contributed by atoms with E-state index >= 15 is 0 Å². The lowest BCUT2D eigenvalue weighted by atomic mass is 10.2. The van der Waals surface area contributed by atoms with Crippen LogP contribution in [0.25, 0.3) is 0 Å². The van der Waals surface area contributed by atoms with E-state index in [1.54, 1.807) is 11.8 Å². The highest BCUT2D eigenvalue weighted by atomic mass is 32.2. The molecule has 0 saturated carbocycles. The number of alkyl carbamates (subject to hydrolysis) is 1. The van der Waals surface area contributed by atoms with E-state index in [0.717, 1.165) is 5.56 Å². The van der Waals surface area contributed by atoms with Crippen molar-refractivity contribution in [2.45, 2.75) is 19.1 Å². The lowest BCUT2D eigenvalue weighted by Crippen LogP contribution is -2.49. The summed E-state index contributed by atoms with van der Waals surface area (Å²) < 4.78 is 9.70. The first kappa shape index (κ1) is 20.8. The van der Waals surface area contributed by atoms with Crippen molar-refractivity contribution >= 4 is 29.7 Å². The zero-order chi connectivity index (χ0) is 18.7. The minimum Gasteiger partial charge on any atom is -0.468 e. The number of likely N-dealkylation sites (N-methyl/N-ethyl adjacent to an activating group) is 1. The summed E-state index contributed by atoms with van der Waals surface area (Å²) in [6.45, 7) is -0.0556. The van der Waals surface area contributed by atoms with Crippen LogP contribution in [0.5, 0.6) is 0 Å². The Morgan fingerprint density at radius 3 is 2.52 bits per heavy atom. The molecule has 25 heavy (non-hydrogen) atoms. The number of nitrogens with one attached hydrogen (secondary N) is 1. The van der Waals surface area contributed by atoms with Gasteiger partial charge in [-0.15, -0.1) is 0 Å². The number of methoxy groups -OCH3 is 1. The molecule has 138 valence electrons. The van der Waals surface area contributed by atoms with Gasteiger partial charge in [0.2, 0.25) is 5.91 Å². The molecular formula is C17H24N2O5S. The van der Waals surface area contributed by atoms with Crippen LogP contribution in [0.1, 0.15) is 12.0 Å². The topological polar surface area (TPSA) is 84.9 Å². The van der Waals surface area contributed by atoms with Crippen molar-refractivity contribution in [3.8, 4) is 0 Å². The Morgan fingerprint density at radius 1 is 1.24 bits per heavy atom. The number of thioether (sulfide) groups is 1. The number of esters is 1. The fourth-order valence-electron chi connectivity index (χ4n) is 2.00. The standard InChI is InChI=1S/C17H24N2O5S/c1-19(11-15(20)23-2)16(21)14(9-10-25-3)18-17(22)24-12-13-7-5-4-6-8-13/h4-8,14H,9-12H2,1-3H3,(H,18,22)/t14-/m0/s1. The molecule has 8 heteroatoms. The number of amides is 2. The zero-order valence-electron chi connectivity index (χ0n) is 14.7. The molecule has 0 bridgehead atoms. The monoisotopic (exact) mass is 368 g/mol. The van der Waals surface area contributed by atoms with Gasteiger partial charge in [-0.05, 0) is 24.0 Å². The molecule has 0 aliphatic heterocycles. The fourth-order valence-corrected chi connectivity index (χ4v) is 2.47. The van der Waals surface area contributed by atoms with Crippen LogP contribution in [0.4, 0.5) is 4.79 Å². The molecule has 0 fully saturated rings. The molecule has 0 aromatic heterocycles. The summed E-state index contributed by atoms with van der Waals surface area (Å²) in [4.78, 5) is 37.0. The molecule has 0 aliphatic carbocycles. The molecule has 0 heterocycles. The van der Waals surface area contributed by atoms with Crippen LogP contribution in [0.15, 0.2) is 30.3 Å². The van der Waals surface area contributed by atoms with Crippen LogP contribution in [0.3, 0.4) is 0 Å². The Bertz CT molecular complexity index is 567. The third-order valence-electron chi connectivity index (χ3n) is 3.38. The number of ether oxygens (including phenoxy) is 2. The van der Waals surface area contributed by atoms with Gasteiger partial charge in [0.15, 0.2) is 0 Å². The third kappa shape index (κ3) is 7.93. The Morgan fingerprint density at radius 2 is 1.92 bits per heavy atom. The van der Waals surface area contributed by atoms with E-state index in [-0.39, 0.29) is 19.1 Å². The van der Waals surface area contributed by atoms with Crippen LogP contribution in [-0.4, -0.2) is 61.6 Å². The summed E-state index contributed by atoms with van der Waals surface area (Å²) >= 11 is 1.56. The molecule has 7 nitrogen and oxygen atoms in total. The van der Waals surface area contributed by atoms with Gasteiger partial charge in [0, 0.05) is 7.05 Å². The second kappa shape index (κ2) is 11.4. The summed E-state index contributed by atoms with van der Waals surface area (Å²) in [6.07, 6.45) is 1.68. The Hall–Kier alpha value is -2.22. The molecule has 1 aromatic carbocycles. The van der Waals surface area contributed by atoms with Gasteiger partial charge < -0.3 is 19.7 Å². The zero-order valence-corrected chi connectivity index (χ0v) is 15.5. The van der Waals surface area contributed by atoms with Gasteiger partial charge in [-0.1, -0.05) is 30.3 Å². The van der Waals surface area contributed by atoms with E-state index < -0.39 is 18.1 Å². The van der Waals surface area contributed by atoms with Gasteiger partial charge in [0.25, 0.3) is 0 Å². The van der Waals surface area contributed by atoms with Crippen molar-refractivity contribution in [1.29, 1.82) is 0 Å². The second-order valence-electron chi connectivity index (χ2n) is 5.31. The van der Waals surface area contributed by atoms with Crippen LogP contribution in [0, 0.1) is 0 Å². The van der Waals surface area contributed by atoms with Crippen LogP contribution < -0.4 is 5.32 Å². The number of nitrogens with zero attached hydrogens (tertiary/aromatic N) is 1.